The lowest BCUT2D eigenvalue weighted by molar-refractivity contribution is -0.131. The Balaban J connectivity index is 1.48. The van der Waals surface area contributed by atoms with Gasteiger partial charge in [0.1, 0.15) is 17.0 Å². The fraction of sp³-hybridized carbons (Fsp3) is 0.115. The minimum absolute atomic E-state index is 0.484. The van der Waals surface area contributed by atoms with E-state index in [9.17, 15) is 9.59 Å². The number of imide groups is 1. The number of benzene rings is 2. The van der Waals surface area contributed by atoms with Gasteiger partial charge < -0.3 is 10.1 Å². The predicted molar refractivity (Wildman–Crippen MR) is 130 cm³/mol. The Bertz CT molecular complexity index is 1400. The molecule has 1 aliphatic rings. The summed E-state index contributed by atoms with van der Waals surface area (Å²) in [5, 5.41) is 12.5. The Morgan fingerprint density at radius 3 is 2.49 bits per heavy atom. The predicted octanol–water partition coefficient (Wildman–Crippen LogP) is 3.74. The number of urea groups is 1. The van der Waals surface area contributed by atoms with E-state index in [0.717, 1.165) is 16.3 Å². The highest BCUT2D eigenvalue weighted by atomic mass is 16.5. The molecule has 35 heavy (non-hydrogen) atoms. The fourth-order valence-corrected chi connectivity index (χ4v) is 3.89. The molecule has 174 valence electrons. The lowest BCUT2D eigenvalue weighted by Gasteiger charge is -2.21. The maximum atomic E-state index is 13.3. The molecule has 0 bridgehead atoms. The fourth-order valence-electron chi connectivity index (χ4n) is 3.89. The number of carbonyl (C=O) groups is 2. The summed E-state index contributed by atoms with van der Waals surface area (Å²) in [6, 6.07) is 19.7. The first kappa shape index (κ1) is 22.0. The van der Waals surface area contributed by atoms with Crippen LogP contribution in [0.1, 0.15) is 18.1 Å². The zero-order chi connectivity index (χ0) is 24.4. The number of aromatic nitrogens is 3. The molecule has 1 saturated heterocycles. The molecule has 3 amide bonds. The van der Waals surface area contributed by atoms with Crippen molar-refractivity contribution in [3.05, 3.63) is 96.4 Å². The van der Waals surface area contributed by atoms with Crippen LogP contribution in [0.2, 0.25) is 0 Å². The van der Waals surface area contributed by atoms with E-state index in [0.29, 0.717) is 22.6 Å². The molecule has 9 nitrogen and oxygen atoms in total. The summed E-state index contributed by atoms with van der Waals surface area (Å²) in [5.41, 5.74) is 2.27. The van der Waals surface area contributed by atoms with Crippen LogP contribution in [0.3, 0.4) is 0 Å². The third-order valence-electron chi connectivity index (χ3n) is 5.85. The van der Waals surface area contributed by atoms with E-state index >= 15 is 0 Å². The number of hydrazone groups is 1. The van der Waals surface area contributed by atoms with Crippen molar-refractivity contribution in [2.75, 3.05) is 7.11 Å². The quantitative estimate of drug-likeness (QED) is 0.345. The molecule has 0 radical (unpaired) electrons. The summed E-state index contributed by atoms with van der Waals surface area (Å²) in [7, 11) is 1.56. The van der Waals surface area contributed by atoms with Gasteiger partial charge in [-0.3, -0.25) is 9.78 Å². The van der Waals surface area contributed by atoms with E-state index < -0.39 is 17.5 Å². The first-order valence-electron chi connectivity index (χ1n) is 10.9. The summed E-state index contributed by atoms with van der Waals surface area (Å²) in [6.45, 7) is 1.65. The van der Waals surface area contributed by atoms with Crippen LogP contribution in [0.5, 0.6) is 5.75 Å². The zero-order valence-electron chi connectivity index (χ0n) is 19.1. The second-order valence-corrected chi connectivity index (χ2v) is 8.10. The van der Waals surface area contributed by atoms with Crippen LogP contribution in [0, 0.1) is 0 Å². The van der Waals surface area contributed by atoms with Gasteiger partial charge in [-0.15, -0.1) is 5.01 Å². The van der Waals surface area contributed by atoms with Crippen LogP contribution in [0.4, 0.5) is 4.79 Å². The van der Waals surface area contributed by atoms with E-state index in [1.165, 1.54) is 6.21 Å². The van der Waals surface area contributed by atoms with E-state index in [2.05, 4.69) is 15.4 Å². The van der Waals surface area contributed by atoms with Crippen molar-refractivity contribution in [2.24, 2.45) is 5.10 Å². The van der Waals surface area contributed by atoms with Gasteiger partial charge in [-0.05, 0) is 48.9 Å². The monoisotopic (exact) mass is 466 g/mol. The molecule has 1 fully saturated rings. The highest BCUT2D eigenvalue weighted by molar-refractivity contribution is 6.07. The molecule has 0 aliphatic carbocycles. The molecule has 2 aromatic carbocycles. The van der Waals surface area contributed by atoms with Gasteiger partial charge in [-0.25, -0.2) is 9.48 Å². The minimum atomic E-state index is -1.25. The molecule has 4 aromatic rings. The van der Waals surface area contributed by atoms with Crippen LogP contribution in [-0.4, -0.2) is 45.0 Å². The number of nitrogens with zero attached hydrogens (tertiary/aromatic N) is 5. The number of carbonyl (C=O) groups excluding carboxylic acids is 2. The topological polar surface area (TPSA) is 102 Å². The number of pyridine rings is 1. The van der Waals surface area contributed by atoms with Crippen LogP contribution < -0.4 is 10.1 Å². The highest BCUT2D eigenvalue weighted by Crippen LogP contribution is 2.30. The van der Waals surface area contributed by atoms with Crippen molar-refractivity contribution >= 4 is 18.2 Å². The van der Waals surface area contributed by atoms with Gasteiger partial charge in [0.15, 0.2) is 0 Å². The van der Waals surface area contributed by atoms with Gasteiger partial charge in [0, 0.05) is 29.7 Å². The maximum Gasteiger partial charge on any atom is 0.346 e. The zero-order valence-corrected chi connectivity index (χ0v) is 19.1. The molecule has 1 atom stereocenters. The number of rotatable bonds is 6. The van der Waals surface area contributed by atoms with E-state index in [1.54, 1.807) is 61.6 Å². The Morgan fingerprint density at radius 2 is 1.80 bits per heavy atom. The largest absolute Gasteiger partial charge is 0.497 e. The third-order valence-corrected chi connectivity index (χ3v) is 5.85. The van der Waals surface area contributed by atoms with Crippen molar-refractivity contribution < 1.29 is 14.3 Å². The standard InChI is InChI=1S/C26H22N6O3/c1-26(20-10-12-22(35-2)13-11-20)24(33)32(25(34)29-26)28-16-19-17-31(21-8-4-3-5-9-21)30-23(19)18-7-6-14-27-15-18/h3-17H,1-2H3,(H,29,34). The average Bonchev–Trinajstić information content (AvgIpc) is 3.42. The normalized spacial score (nSPS) is 17.7. The Kier molecular flexibility index (Phi) is 5.58. The smallest absolute Gasteiger partial charge is 0.346 e. The van der Waals surface area contributed by atoms with Crippen LogP contribution in [-0.2, 0) is 10.3 Å². The lowest BCUT2D eigenvalue weighted by atomic mass is 9.92. The van der Waals surface area contributed by atoms with Gasteiger partial charge in [-0.1, -0.05) is 30.3 Å². The molecule has 9 heteroatoms. The van der Waals surface area contributed by atoms with Crippen molar-refractivity contribution in [2.45, 2.75) is 12.5 Å². The third kappa shape index (κ3) is 4.04. The summed E-state index contributed by atoms with van der Waals surface area (Å²) in [5.74, 6) is 0.171. The van der Waals surface area contributed by atoms with Crippen LogP contribution in [0.25, 0.3) is 16.9 Å². The molecule has 1 aliphatic heterocycles. The Labute approximate surface area is 201 Å². The molecular formula is C26H22N6O3. The van der Waals surface area contributed by atoms with Crippen molar-refractivity contribution in [1.29, 1.82) is 0 Å². The first-order valence-corrected chi connectivity index (χ1v) is 10.9. The molecule has 0 spiro atoms. The highest BCUT2D eigenvalue weighted by Gasteiger charge is 2.49. The van der Waals surface area contributed by atoms with E-state index in [-0.39, 0.29) is 0 Å². The average molecular weight is 467 g/mol. The number of para-hydroxylation sites is 1. The van der Waals surface area contributed by atoms with Crippen molar-refractivity contribution in [3.8, 4) is 22.7 Å². The second-order valence-electron chi connectivity index (χ2n) is 8.10. The molecule has 1 N–H and O–H groups in total. The molecule has 1 unspecified atom stereocenters. The van der Waals surface area contributed by atoms with Gasteiger partial charge in [-0.2, -0.15) is 10.2 Å². The van der Waals surface area contributed by atoms with Gasteiger partial charge in [0.2, 0.25) is 0 Å². The Hall–Kier alpha value is -4.79. The van der Waals surface area contributed by atoms with E-state index in [4.69, 9.17) is 9.84 Å². The first-order chi connectivity index (χ1) is 17.0. The molecule has 3 heterocycles. The van der Waals surface area contributed by atoms with Gasteiger partial charge >= 0.3 is 6.03 Å². The lowest BCUT2D eigenvalue weighted by Crippen LogP contribution is -2.40. The number of hydrogen-bond donors (Lipinski definition) is 1. The number of nitrogens with one attached hydrogen (secondary N) is 1. The maximum absolute atomic E-state index is 13.3. The van der Waals surface area contributed by atoms with E-state index in [1.807, 2.05) is 42.5 Å². The molecule has 5 rings (SSSR count). The number of methoxy groups -OCH3 is 1. The SMILES string of the molecule is COc1ccc(C2(C)NC(=O)N(N=Cc3cn(-c4ccccc4)nc3-c3cccnc3)C2=O)cc1. The minimum Gasteiger partial charge on any atom is -0.497 e. The Morgan fingerprint density at radius 1 is 1.03 bits per heavy atom. The van der Waals surface area contributed by atoms with Gasteiger partial charge in [0.05, 0.1) is 19.0 Å². The number of hydrogen-bond acceptors (Lipinski definition) is 6. The molecule has 0 saturated carbocycles. The van der Waals surface area contributed by atoms with Crippen LogP contribution in [0.15, 0.2) is 90.4 Å². The molecular weight excluding hydrogens is 444 g/mol. The van der Waals surface area contributed by atoms with Crippen molar-refractivity contribution in [3.63, 3.8) is 0 Å². The second kappa shape index (κ2) is 8.86. The summed E-state index contributed by atoms with van der Waals surface area (Å²) >= 11 is 0. The molecule has 2 aromatic heterocycles. The van der Waals surface area contributed by atoms with Crippen LogP contribution >= 0.6 is 0 Å². The van der Waals surface area contributed by atoms with Gasteiger partial charge in [0.25, 0.3) is 5.91 Å². The number of amides is 3. The van der Waals surface area contributed by atoms with Crippen molar-refractivity contribution in [1.82, 2.24) is 25.1 Å². The number of ether oxygens (including phenoxy) is 1. The summed E-state index contributed by atoms with van der Waals surface area (Å²) in [6.07, 6.45) is 6.64. The summed E-state index contributed by atoms with van der Waals surface area (Å²) < 4.78 is 6.90. The summed E-state index contributed by atoms with van der Waals surface area (Å²) in [4.78, 5) is 30.2.